The summed E-state index contributed by atoms with van der Waals surface area (Å²) in [5.74, 6) is -1.53. The monoisotopic (exact) mass is 476 g/mol. The molecule has 0 aliphatic heterocycles. The summed E-state index contributed by atoms with van der Waals surface area (Å²) in [4.78, 5) is 30.7. The zero-order valence-electron chi connectivity index (χ0n) is 18.4. The van der Waals surface area contributed by atoms with Gasteiger partial charge in [0.2, 0.25) is 5.91 Å². The molecule has 0 N–H and O–H groups in total. The second-order valence-electron chi connectivity index (χ2n) is 7.04. The van der Waals surface area contributed by atoms with Crippen LogP contribution in [0.2, 0.25) is 0 Å². The first-order valence-electron chi connectivity index (χ1n) is 9.82. The molecule has 2 aromatic carbocycles. The summed E-state index contributed by atoms with van der Waals surface area (Å²) < 4.78 is 40.3. The number of carbonyl (C=O) groups is 2. The van der Waals surface area contributed by atoms with Gasteiger partial charge in [0, 0.05) is 12.3 Å². The van der Waals surface area contributed by atoms with E-state index in [1.54, 1.807) is 5.38 Å². The summed E-state index contributed by atoms with van der Waals surface area (Å²) in [7, 11) is 1.27. The lowest BCUT2D eigenvalue weighted by atomic mass is 10.1. The molecule has 7 nitrogen and oxygen atoms in total. The van der Waals surface area contributed by atoms with Gasteiger partial charge in [-0.3, -0.25) is 9.69 Å². The highest BCUT2D eigenvalue weighted by atomic mass is 32.1. The van der Waals surface area contributed by atoms with E-state index in [-0.39, 0.29) is 23.8 Å². The Bertz CT molecular complexity index is 1170. The molecule has 1 amide bonds. The van der Waals surface area contributed by atoms with E-state index in [9.17, 15) is 18.4 Å². The first-order valence-corrected chi connectivity index (χ1v) is 10.7. The quantitative estimate of drug-likeness (QED) is 0.405. The molecule has 0 unspecified atom stereocenters. The van der Waals surface area contributed by atoms with Crippen LogP contribution in [0.25, 0.3) is 0 Å². The van der Waals surface area contributed by atoms with Crippen LogP contribution in [0.4, 0.5) is 19.6 Å². The van der Waals surface area contributed by atoms with Crippen molar-refractivity contribution in [2.45, 2.75) is 34.0 Å². The van der Waals surface area contributed by atoms with Crippen LogP contribution in [0.3, 0.4) is 0 Å². The van der Waals surface area contributed by atoms with E-state index in [1.807, 2.05) is 32.0 Å². The summed E-state index contributed by atoms with van der Waals surface area (Å²) in [5.41, 5.74) is 3.00. The van der Waals surface area contributed by atoms with Gasteiger partial charge in [-0.2, -0.15) is 8.78 Å². The summed E-state index contributed by atoms with van der Waals surface area (Å²) in [5, 5.41) is 2.07. The topological polar surface area (TPSA) is 78.0 Å². The number of alkyl halides is 2. The largest absolute Gasteiger partial charge is 0.493 e. The molecule has 0 atom stereocenters. The fourth-order valence-electron chi connectivity index (χ4n) is 3.02. The molecule has 0 radical (unpaired) electrons. The third kappa shape index (κ3) is 5.64. The number of carbonyl (C=O) groups excluding carboxylic acids is 2. The number of amides is 1. The number of aromatic nitrogens is 1. The predicted molar refractivity (Wildman–Crippen MR) is 120 cm³/mol. The number of aryl methyl sites for hydroxylation is 2. The van der Waals surface area contributed by atoms with Gasteiger partial charge in [0.1, 0.15) is 12.2 Å². The fraction of sp³-hybridized carbons (Fsp3) is 0.261. The normalized spacial score (nSPS) is 10.8. The van der Waals surface area contributed by atoms with Gasteiger partial charge in [-0.05, 0) is 49.2 Å². The van der Waals surface area contributed by atoms with E-state index in [4.69, 9.17) is 9.47 Å². The van der Waals surface area contributed by atoms with E-state index < -0.39 is 18.3 Å². The number of benzene rings is 2. The van der Waals surface area contributed by atoms with Crippen LogP contribution in [-0.4, -0.2) is 30.6 Å². The van der Waals surface area contributed by atoms with Gasteiger partial charge in [0.25, 0.3) is 0 Å². The molecule has 174 valence electrons. The van der Waals surface area contributed by atoms with Crippen LogP contribution in [0.1, 0.15) is 34.1 Å². The molecule has 10 heteroatoms. The second-order valence-corrected chi connectivity index (χ2v) is 7.87. The molecule has 1 aromatic heterocycles. The van der Waals surface area contributed by atoms with Crippen molar-refractivity contribution in [2.24, 2.45) is 0 Å². The third-order valence-electron chi connectivity index (χ3n) is 4.77. The zero-order valence-corrected chi connectivity index (χ0v) is 19.2. The fourth-order valence-corrected chi connectivity index (χ4v) is 3.89. The minimum atomic E-state index is -3.14. The number of ether oxygens (including phenoxy) is 3. The number of hydrogen-bond acceptors (Lipinski definition) is 7. The number of esters is 1. The lowest BCUT2D eigenvalue weighted by molar-refractivity contribution is -0.115. The van der Waals surface area contributed by atoms with Crippen LogP contribution in [-0.2, 0) is 16.1 Å². The molecule has 3 aromatic rings. The molecule has 1 heterocycles. The number of hydrogen-bond donors (Lipinski definition) is 0. The van der Waals surface area contributed by atoms with E-state index >= 15 is 0 Å². The van der Waals surface area contributed by atoms with Crippen molar-refractivity contribution in [1.82, 2.24) is 4.98 Å². The Kier molecular flexibility index (Phi) is 7.59. The number of rotatable bonds is 8. The van der Waals surface area contributed by atoms with Gasteiger partial charge < -0.3 is 14.2 Å². The average Bonchev–Trinajstić information content (AvgIpc) is 3.22. The SMILES string of the molecule is COc1cccc(C(=O)OCc2csc(N(C(C)=O)c3ccc(C)c(C)c3)n2)c1OC(F)F. The molecule has 3 rings (SSSR count). The highest BCUT2D eigenvalue weighted by Crippen LogP contribution is 2.34. The summed E-state index contributed by atoms with van der Waals surface area (Å²) in [6, 6.07) is 9.80. The Labute approximate surface area is 193 Å². The van der Waals surface area contributed by atoms with Crippen molar-refractivity contribution in [1.29, 1.82) is 0 Å². The van der Waals surface area contributed by atoms with Crippen LogP contribution in [0, 0.1) is 13.8 Å². The molecular weight excluding hydrogens is 454 g/mol. The number of methoxy groups -OCH3 is 1. The third-order valence-corrected chi connectivity index (χ3v) is 5.65. The van der Waals surface area contributed by atoms with Crippen molar-refractivity contribution in [3.63, 3.8) is 0 Å². The Hall–Kier alpha value is -3.53. The van der Waals surface area contributed by atoms with Crippen LogP contribution >= 0.6 is 11.3 Å². The highest BCUT2D eigenvalue weighted by molar-refractivity contribution is 7.14. The minimum absolute atomic E-state index is 0.0221. The Balaban J connectivity index is 1.78. The number of nitrogens with zero attached hydrogens (tertiary/aromatic N) is 2. The maximum Gasteiger partial charge on any atom is 0.387 e. The predicted octanol–water partition coefficient (Wildman–Crippen LogP) is 5.41. The average molecular weight is 477 g/mol. The lowest BCUT2D eigenvalue weighted by Gasteiger charge is -2.19. The van der Waals surface area contributed by atoms with E-state index in [2.05, 4.69) is 9.72 Å². The molecular formula is C23H22F2N2O5S. The van der Waals surface area contributed by atoms with Crippen molar-refractivity contribution in [3.8, 4) is 11.5 Å². The van der Waals surface area contributed by atoms with Gasteiger partial charge in [-0.15, -0.1) is 11.3 Å². The summed E-state index contributed by atoms with van der Waals surface area (Å²) in [6.07, 6.45) is 0. The summed E-state index contributed by atoms with van der Waals surface area (Å²) >= 11 is 1.21. The number of para-hydroxylation sites is 1. The molecule has 0 aliphatic carbocycles. The Morgan fingerprint density at radius 1 is 1.15 bits per heavy atom. The number of thiazole rings is 1. The minimum Gasteiger partial charge on any atom is -0.493 e. The van der Waals surface area contributed by atoms with Gasteiger partial charge in [-0.1, -0.05) is 12.1 Å². The van der Waals surface area contributed by atoms with E-state index in [0.717, 1.165) is 11.1 Å². The zero-order chi connectivity index (χ0) is 24.1. The van der Waals surface area contributed by atoms with Gasteiger partial charge in [0.15, 0.2) is 16.6 Å². The smallest absolute Gasteiger partial charge is 0.387 e. The lowest BCUT2D eigenvalue weighted by Crippen LogP contribution is -2.22. The van der Waals surface area contributed by atoms with E-state index in [1.165, 1.54) is 48.5 Å². The first-order chi connectivity index (χ1) is 15.7. The highest BCUT2D eigenvalue weighted by Gasteiger charge is 2.23. The molecule has 0 fully saturated rings. The van der Waals surface area contributed by atoms with Crippen LogP contribution < -0.4 is 14.4 Å². The first kappa shape index (κ1) is 24.1. The molecule has 0 bridgehead atoms. The van der Waals surface area contributed by atoms with E-state index in [0.29, 0.717) is 16.5 Å². The number of halogens is 2. The van der Waals surface area contributed by atoms with Gasteiger partial charge >= 0.3 is 12.6 Å². The van der Waals surface area contributed by atoms with Crippen molar-refractivity contribution < 1.29 is 32.6 Å². The van der Waals surface area contributed by atoms with Crippen molar-refractivity contribution >= 4 is 34.0 Å². The Morgan fingerprint density at radius 3 is 2.55 bits per heavy atom. The molecule has 0 spiro atoms. The molecule has 0 saturated carbocycles. The molecule has 0 saturated heterocycles. The number of anilines is 2. The molecule has 0 aliphatic rings. The standard InChI is InChI=1S/C23H22F2N2O5S/c1-13-8-9-17(10-14(13)2)27(15(3)28)23-26-16(12-33-23)11-31-21(29)18-6-5-7-19(30-4)20(18)32-22(24)25/h5-10,12,22H,11H2,1-4H3. The molecule has 33 heavy (non-hydrogen) atoms. The second kappa shape index (κ2) is 10.4. The maximum atomic E-state index is 12.8. The van der Waals surface area contributed by atoms with Crippen molar-refractivity contribution in [3.05, 3.63) is 64.2 Å². The van der Waals surface area contributed by atoms with Gasteiger partial charge in [-0.25, -0.2) is 9.78 Å². The van der Waals surface area contributed by atoms with Gasteiger partial charge in [0.05, 0.1) is 18.5 Å². The summed E-state index contributed by atoms with van der Waals surface area (Å²) in [6.45, 7) is 2.00. The van der Waals surface area contributed by atoms with Crippen LogP contribution in [0.15, 0.2) is 41.8 Å². The maximum absolute atomic E-state index is 12.8. The van der Waals surface area contributed by atoms with Crippen molar-refractivity contribution in [2.75, 3.05) is 12.0 Å². The van der Waals surface area contributed by atoms with Crippen LogP contribution in [0.5, 0.6) is 11.5 Å². The Morgan fingerprint density at radius 2 is 1.91 bits per heavy atom.